The Morgan fingerprint density at radius 2 is 1.70 bits per heavy atom. The largest absolute Gasteiger partial charge is 0.347 e. The molecule has 140 valence electrons. The number of rotatable bonds is 6. The summed E-state index contributed by atoms with van der Waals surface area (Å²) in [4.78, 5) is 19.7. The number of aromatic nitrogens is 1. The quantitative estimate of drug-likeness (QED) is 0.692. The minimum absolute atomic E-state index is 0.143. The van der Waals surface area contributed by atoms with Crippen molar-refractivity contribution in [3.05, 3.63) is 76.0 Å². The molecular weight excluding hydrogens is 361 g/mol. The van der Waals surface area contributed by atoms with Gasteiger partial charge in [0.05, 0.1) is 5.69 Å². The molecule has 0 aliphatic carbocycles. The van der Waals surface area contributed by atoms with Crippen LogP contribution in [0.25, 0.3) is 10.6 Å². The van der Waals surface area contributed by atoms with Crippen LogP contribution in [-0.2, 0) is 13.1 Å². The van der Waals surface area contributed by atoms with Crippen LogP contribution in [0.3, 0.4) is 0 Å². The Morgan fingerprint density at radius 1 is 1.07 bits per heavy atom. The van der Waals surface area contributed by atoms with E-state index in [1.165, 1.54) is 29.0 Å². The third-order valence-corrected chi connectivity index (χ3v) is 5.27. The summed E-state index contributed by atoms with van der Waals surface area (Å²) >= 11 is 1.32. The van der Waals surface area contributed by atoms with E-state index in [9.17, 15) is 9.18 Å². The van der Waals surface area contributed by atoms with Crippen molar-refractivity contribution in [1.82, 2.24) is 15.2 Å². The Hall–Kier alpha value is -2.57. The summed E-state index contributed by atoms with van der Waals surface area (Å²) in [6, 6.07) is 14.3. The summed E-state index contributed by atoms with van der Waals surface area (Å²) in [5, 5.41) is 3.66. The van der Waals surface area contributed by atoms with Crippen molar-refractivity contribution < 1.29 is 9.18 Å². The fourth-order valence-corrected chi connectivity index (χ4v) is 3.70. The zero-order valence-electron chi connectivity index (χ0n) is 15.6. The van der Waals surface area contributed by atoms with Gasteiger partial charge < -0.3 is 10.2 Å². The smallest absolute Gasteiger partial charge is 0.263 e. The van der Waals surface area contributed by atoms with Gasteiger partial charge in [-0.1, -0.05) is 24.3 Å². The summed E-state index contributed by atoms with van der Waals surface area (Å²) in [5.41, 5.74) is 3.77. The van der Waals surface area contributed by atoms with E-state index in [4.69, 9.17) is 0 Å². The molecule has 0 saturated heterocycles. The van der Waals surface area contributed by atoms with Crippen LogP contribution in [0.4, 0.5) is 4.39 Å². The first-order valence-corrected chi connectivity index (χ1v) is 9.48. The lowest BCUT2D eigenvalue weighted by Crippen LogP contribution is -2.22. The Balaban J connectivity index is 1.65. The number of benzene rings is 2. The second kappa shape index (κ2) is 8.41. The molecule has 1 heterocycles. The third-order valence-electron chi connectivity index (χ3n) is 4.07. The van der Waals surface area contributed by atoms with Crippen LogP contribution in [0, 0.1) is 12.7 Å². The molecule has 6 heteroatoms. The van der Waals surface area contributed by atoms with E-state index in [-0.39, 0.29) is 11.7 Å². The minimum Gasteiger partial charge on any atom is -0.347 e. The first kappa shape index (κ1) is 19.2. The van der Waals surface area contributed by atoms with Crippen molar-refractivity contribution in [1.29, 1.82) is 0 Å². The zero-order chi connectivity index (χ0) is 19.4. The molecule has 1 N–H and O–H groups in total. The lowest BCUT2D eigenvalue weighted by Gasteiger charge is -2.10. The van der Waals surface area contributed by atoms with Gasteiger partial charge in [-0.15, -0.1) is 11.3 Å². The average molecular weight is 383 g/mol. The molecule has 3 aromatic rings. The highest BCUT2D eigenvalue weighted by Gasteiger charge is 2.16. The number of thiazole rings is 1. The third kappa shape index (κ3) is 4.99. The molecule has 0 atom stereocenters. The Bertz CT molecular complexity index is 918. The molecule has 3 rings (SSSR count). The summed E-state index contributed by atoms with van der Waals surface area (Å²) in [7, 11) is 4.07. The normalized spacial score (nSPS) is 11.0. The van der Waals surface area contributed by atoms with E-state index in [0.29, 0.717) is 22.1 Å². The molecule has 0 spiro atoms. The zero-order valence-corrected chi connectivity index (χ0v) is 16.4. The number of hydrogen-bond acceptors (Lipinski definition) is 4. The summed E-state index contributed by atoms with van der Waals surface area (Å²) in [5.74, 6) is -0.433. The number of nitrogens with one attached hydrogen (secondary N) is 1. The topological polar surface area (TPSA) is 45.2 Å². The van der Waals surface area contributed by atoms with Crippen molar-refractivity contribution >= 4 is 17.2 Å². The van der Waals surface area contributed by atoms with Gasteiger partial charge in [0, 0.05) is 18.7 Å². The number of carbonyl (C=O) groups is 1. The first-order valence-electron chi connectivity index (χ1n) is 8.66. The Morgan fingerprint density at radius 3 is 2.33 bits per heavy atom. The maximum absolute atomic E-state index is 13.1. The number of carbonyl (C=O) groups excluding carboxylic acids is 1. The second-order valence-electron chi connectivity index (χ2n) is 6.68. The van der Waals surface area contributed by atoms with Crippen molar-refractivity contribution in [3.63, 3.8) is 0 Å². The highest BCUT2D eigenvalue weighted by molar-refractivity contribution is 7.17. The molecule has 1 amide bonds. The van der Waals surface area contributed by atoms with Gasteiger partial charge in [-0.3, -0.25) is 4.79 Å². The van der Waals surface area contributed by atoms with Crippen LogP contribution in [0.5, 0.6) is 0 Å². The number of hydrogen-bond donors (Lipinski definition) is 1. The summed E-state index contributed by atoms with van der Waals surface area (Å²) in [6.07, 6.45) is 0. The van der Waals surface area contributed by atoms with Gasteiger partial charge in [-0.05, 0) is 56.4 Å². The Labute approximate surface area is 162 Å². The average Bonchev–Trinajstić information content (AvgIpc) is 3.03. The Kier molecular flexibility index (Phi) is 5.98. The second-order valence-corrected chi connectivity index (χ2v) is 7.68. The number of nitrogens with zero attached hydrogens (tertiary/aromatic N) is 2. The number of amides is 1. The molecule has 27 heavy (non-hydrogen) atoms. The first-order chi connectivity index (χ1) is 12.9. The molecule has 0 aliphatic heterocycles. The highest BCUT2D eigenvalue weighted by Crippen LogP contribution is 2.28. The molecule has 0 fully saturated rings. The van der Waals surface area contributed by atoms with Gasteiger partial charge in [-0.25, -0.2) is 9.37 Å². The minimum atomic E-state index is -0.290. The fourth-order valence-electron chi connectivity index (χ4n) is 2.71. The molecule has 2 aromatic carbocycles. The van der Waals surface area contributed by atoms with E-state index in [0.717, 1.165) is 17.7 Å². The van der Waals surface area contributed by atoms with E-state index in [2.05, 4.69) is 27.3 Å². The molecule has 1 aromatic heterocycles. The fraction of sp³-hybridized carbons (Fsp3) is 0.238. The predicted octanol–water partition coefficient (Wildman–Crippen LogP) is 4.25. The van der Waals surface area contributed by atoms with E-state index in [1.54, 1.807) is 12.1 Å². The number of halogens is 1. The van der Waals surface area contributed by atoms with Crippen molar-refractivity contribution in [2.45, 2.75) is 20.0 Å². The highest BCUT2D eigenvalue weighted by atomic mass is 32.1. The molecule has 0 saturated carbocycles. The van der Waals surface area contributed by atoms with Crippen LogP contribution < -0.4 is 5.32 Å². The molecular formula is C21H22FN3OS. The van der Waals surface area contributed by atoms with Crippen LogP contribution >= 0.6 is 11.3 Å². The summed E-state index contributed by atoms with van der Waals surface area (Å²) < 4.78 is 13.1. The molecule has 0 radical (unpaired) electrons. The van der Waals surface area contributed by atoms with Crippen LogP contribution in [0.2, 0.25) is 0 Å². The standard InChI is InChI=1S/C21H22FN3OS/c1-14-19(27-21(24-14)17-8-10-18(22)11-9-17)20(26)23-12-15-4-6-16(7-5-15)13-25(2)3/h4-11H,12-13H2,1-3H3,(H,23,26). The van der Waals surface area contributed by atoms with Crippen LogP contribution in [-0.4, -0.2) is 29.9 Å². The van der Waals surface area contributed by atoms with Gasteiger partial charge in [0.1, 0.15) is 15.7 Å². The van der Waals surface area contributed by atoms with Gasteiger partial charge in [0.15, 0.2) is 0 Å². The van der Waals surface area contributed by atoms with Crippen molar-refractivity contribution in [2.75, 3.05) is 14.1 Å². The molecule has 4 nitrogen and oxygen atoms in total. The molecule has 0 aliphatic rings. The van der Waals surface area contributed by atoms with Crippen molar-refractivity contribution in [3.8, 4) is 10.6 Å². The lowest BCUT2D eigenvalue weighted by atomic mass is 10.1. The van der Waals surface area contributed by atoms with Gasteiger partial charge in [0.2, 0.25) is 0 Å². The monoisotopic (exact) mass is 383 g/mol. The van der Waals surface area contributed by atoms with E-state index in [1.807, 2.05) is 33.2 Å². The van der Waals surface area contributed by atoms with Gasteiger partial charge in [0.25, 0.3) is 5.91 Å². The summed E-state index contributed by atoms with van der Waals surface area (Å²) in [6.45, 7) is 3.16. The van der Waals surface area contributed by atoms with Crippen LogP contribution in [0.1, 0.15) is 26.5 Å². The maximum Gasteiger partial charge on any atom is 0.263 e. The molecule has 0 bridgehead atoms. The predicted molar refractivity (Wildman–Crippen MR) is 107 cm³/mol. The van der Waals surface area contributed by atoms with Gasteiger partial charge in [-0.2, -0.15) is 0 Å². The lowest BCUT2D eigenvalue weighted by molar-refractivity contribution is 0.0954. The SMILES string of the molecule is Cc1nc(-c2ccc(F)cc2)sc1C(=O)NCc1ccc(CN(C)C)cc1. The van der Waals surface area contributed by atoms with E-state index < -0.39 is 0 Å². The van der Waals surface area contributed by atoms with Gasteiger partial charge >= 0.3 is 0 Å². The van der Waals surface area contributed by atoms with Crippen LogP contribution in [0.15, 0.2) is 48.5 Å². The number of aryl methyl sites for hydroxylation is 1. The molecule has 0 unspecified atom stereocenters. The van der Waals surface area contributed by atoms with Crippen molar-refractivity contribution in [2.24, 2.45) is 0 Å². The maximum atomic E-state index is 13.1. The van der Waals surface area contributed by atoms with E-state index >= 15 is 0 Å².